The molecule has 1 aromatic carbocycles. The largest absolute Gasteiger partial charge is 0.629 e. The van der Waals surface area contributed by atoms with Crippen LogP contribution in [0.2, 0.25) is 0 Å². The van der Waals surface area contributed by atoms with Gasteiger partial charge >= 0.3 is 0 Å². The van der Waals surface area contributed by atoms with Crippen molar-refractivity contribution in [2.45, 2.75) is 0 Å². The van der Waals surface area contributed by atoms with Crippen molar-refractivity contribution in [3.05, 3.63) is 29.5 Å². The Hall–Kier alpha value is -1.06. The summed E-state index contributed by atoms with van der Waals surface area (Å²) in [5.74, 6) is 0.0509. The molecule has 0 aliphatic rings. The summed E-state index contributed by atoms with van der Waals surface area (Å²) in [7, 11) is 1.43. The van der Waals surface area contributed by atoms with Crippen LogP contribution in [-0.2, 0) is 0 Å². The maximum Gasteiger partial charge on any atom is 0.177 e. The number of hydrogen-bond acceptors (Lipinski definition) is 2. The highest BCUT2D eigenvalue weighted by Gasteiger charge is 2.01. The minimum Gasteiger partial charge on any atom is -0.629 e. The summed E-state index contributed by atoms with van der Waals surface area (Å²) in [6, 6.07) is 6.49. The van der Waals surface area contributed by atoms with Crippen LogP contribution in [-0.4, -0.2) is 12.2 Å². The number of rotatable bonds is 1. The Labute approximate surface area is 59.1 Å². The van der Waals surface area contributed by atoms with Gasteiger partial charge in [-0.3, -0.25) is 0 Å². The number of para-hydroxylation sites is 2. The number of aromatic hydroxyl groups is 1. The van der Waals surface area contributed by atoms with Crippen molar-refractivity contribution >= 4 is 5.69 Å². The topological polar surface area (TPSA) is 47.7 Å². The van der Waals surface area contributed by atoms with E-state index in [2.05, 4.69) is 0 Å². The van der Waals surface area contributed by atoms with Crippen LogP contribution < -0.4 is 5.06 Å². The first kappa shape index (κ1) is 7.05. The Morgan fingerprint density at radius 3 is 2.40 bits per heavy atom. The monoisotopic (exact) mass is 139 g/mol. The summed E-state index contributed by atoms with van der Waals surface area (Å²) in [6.07, 6.45) is 0. The molecule has 0 radical (unpaired) electrons. The van der Waals surface area contributed by atoms with Gasteiger partial charge in [0.05, 0.1) is 7.05 Å². The molecule has 0 saturated heterocycles. The van der Waals surface area contributed by atoms with Crippen molar-refractivity contribution in [3.8, 4) is 5.75 Å². The molecule has 0 heterocycles. The van der Waals surface area contributed by atoms with Gasteiger partial charge in [0.15, 0.2) is 11.4 Å². The van der Waals surface area contributed by atoms with E-state index in [0.29, 0.717) is 5.69 Å². The number of hydroxylamine groups is 1. The van der Waals surface area contributed by atoms with Gasteiger partial charge in [0, 0.05) is 6.07 Å². The highest BCUT2D eigenvalue weighted by Crippen LogP contribution is 2.16. The molecular weight excluding hydrogens is 130 g/mol. The van der Waals surface area contributed by atoms with Crippen molar-refractivity contribution < 1.29 is 10.2 Å². The quantitative estimate of drug-likeness (QED) is 0.426. The van der Waals surface area contributed by atoms with Crippen molar-refractivity contribution in [3.63, 3.8) is 0 Å². The lowest BCUT2D eigenvalue weighted by Gasteiger charge is -2.15. The summed E-state index contributed by atoms with van der Waals surface area (Å²) >= 11 is 0. The van der Waals surface area contributed by atoms with Crippen LogP contribution in [0.25, 0.3) is 0 Å². The zero-order valence-corrected chi connectivity index (χ0v) is 5.66. The molecule has 0 spiro atoms. The molecule has 0 bridgehead atoms. The number of hydrogen-bond donors (Lipinski definition) is 2. The fraction of sp³-hybridized carbons (Fsp3) is 0.143. The maximum absolute atomic E-state index is 10.7. The average molecular weight is 139 g/mol. The third-order valence-electron chi connectivity index (χ3n) is 1.28. The second-order valence-corrected chi connectivity index (χ2v) is 2.07. The van der Waals surface area contributed by atoms with Gasteiger partial charge in [0.25, 0.3) is 0 Å². The Morgan fingerprint density at radius 2 is 2.00 bits per heavy atom. The third kappa shape index (κ3) is 1.26. The van der Waals surface area contributed by atoms with E-state index in [1.165, 1.54) is 13.1 Å². The Kier molecular flexibility index (Phi) is 1.89. The first-order chi connectivity index (χ1) is 4.72. The SMILES string of the molecule is C[NH+]([O-])c1ccccc1O. The van der Waals surface area contributed by atoms with Gasteiger partial charge in [0.1, 0.15) is 0 Å². The summed E-state index contributed by atoms with van der Waals surface area (Å²) in [5.41, 5.74) is 0.377. The molecule has 1 atom stereocenters. The van der Waals surface area contributed by atoms with Crippen LogP contribution in [0.5, 0.6) is 5.75 Å². The zero-order valence-electron chi connectivity index (χ0n) is 5.66. The number of phenolic OH excluding ortho intramolecular Hbond substituents is 1. The first-order valence-corrected chi connectivity index (χ1v) is 3.01. The van der Waals surface area contributed by atoms with E-state index in [0.717, 1.165) is 0 Å². The summed E-state index contributed by atoms with van der Waals surface area (Å²) < 4.78 is 0. The second kappa shape index (κ2) is 2.68. The van der Waals surface area contributed by atoms with Crippen LogP contribution in [0.3, 0.4) is 0 Å². The van der Waals surface area contributed by atoms with Gasteiger partial charge in [-0.25, -0.2) is 0 Å². The summed E-state index contributed by atoms with van der Waals surface area (Å²) in [4.78, 5) is 0. The Balaban J connectivity index is 3.03. The van der Waals surface area contributed by atoms with Gasteiger partial charge in [0.2, 0.25) is 0 Å². The van der Waals surface area contributed by atoms with Gasteiger partial charge in [-0.2, -0.15) is 0 Å². The molecule has 54 valence electrons. The smallest absolute Gasteiger partial charge is 0.177 e. The minimum absolute atomic E-state index is 0.0509. The zero-order chi connectivity index (χ0) is 7.56. The fourth-order valence-electron chi connectivity index (χ4n) is 0.771. The van der Waals surface area contributed by atoms with E-state index in [4.69, 9.17) is 5.11 Å². The van der Waals surface area contributed by atoms with Crippen LogP contribution in [0, 0.1) is 5.21 Å². The number of quaternary nitrogens is 1. The lowest BCUT2D eigenvalue weighted by Crippen LogP contribution is -2.98. The van der Waals surface area contributed by atoms with Gasteiger partial charge in [-0.15, -0.1) is 0 Å². The van der Waals surface area contributed by atoms with Gasteiger partial charge in [-0.05, 0) is 6.07 Å². The maximum atomic E-state index is 10.7. The number of benzene rings is 1. The average Bonchev–Trinajstić information content (AvgIpc) is 1.88. The molecule has 1 aromatic rings. The summed E-state index contributed by atoms with van der Waals surface area (Å²) in [5, 5.41) is 19.7. The van der Waals surface area contributed by atoms with Crippen LogP contribution in [0.15, 0.2) is 24.3 Å². The Bertz CT molecular complexity index is 223. The van der Waals surface area contributed by atoms with Crippen LogP contribution >= 0.6 is 0 Å². The van der Waals surface area contributed by atoms with Gasteiger partial charge in [-0.1, -0.05) is 12.1 Å². The van der Waals surface area contributed by atoms with Crippen LogP contribution in [0.1, 0.15) is 0 Å². The van der Waals surface area contributed by atoms with Crippen molar-refractivity contribution in [2.24, 2.45) is 0 Å². The molecule has 1 rings (SSSR count). The van der Waals surface area contributed by atoms with Crippen LogP contribution in [0.4, 0.5) is 5.69 Å². The predicted octanol–water partition coefficient (Wildman–Crippen LogP) is 0.0362. The molecule has 0 aliphatic heterocycles. The highest BCUT2D eigenvalue weighted by atomic mass is 16.5. The van der Waals surface area contributed by atoms with E-state index in [1.807, 2.05) is 0 Å². The van der Waals surface area contributed by atoms with E-state index < -0.39 is 0 Å². The van der Waals surface area contributed by atoms with E-state index in [-0.39, 0.29) is 10.8 Å². The minimum atomic E-state index is -0.113. The van der Waals surface area contributed by atoms with Crippen molar-refractivity contribution in [1.82, 2.24) is 0 Å². The number of phenols is 1. The first-order valence-electron chi connectivity index (χ1n) is 3.01. The highest BCUT2D eigenvalue weighted by molar-refractivity contribution is 5.43. The standard InChI is InChI=1S/C7H9NO2/c1-8(10)6-4-2-3-5-7(6)9/h2-5,8-9H,1H3. The van der Waals surface area contributed by atoms with E-state index in [9.17, 15) is 5.21 Å². The molecule has 0 amide bonds. The molecular formula is C7H9NO2. The fourth-order valence-corrected chi connectivity index (χ4v) is 0.771. The molecule has 3 nitrogen and oxygen atoms in total. The molecule has 0 aliphatic carbocycles. The molecule has 3 heteroatoms. The molecule has 1 unspecified atom stereocenters. The number of nitrogens with one attached hydrogen (secondary N) is 1. The Morgan fingerprint density at radius 1 is 1.40 bits per heavy atom. The molecule has 10 heavy (non-hydrogen) atoms. The third-order valence-corrected chi connectivity index (χ3v) is 1.28. The van der Waals surface area contributed by atoms with Gasteiger partial charge < -0.3 is 15.4 Å². The lowest BCUT2D eigenvalue weighted by molar-refractivity contribution is -0.751. The van der Waals surface area contributed by atoms with Crippen molar-refractivity contribution in [1.29, 1.82) is 0 Å². The predicted molar refractivity (Wildman–Crippen MR) is 38.0 cm³/mol. The van der Waals surface area contributed by atoms with E-state index >= 15 is 0 Å². The molecule has 0 aromatic heterocycles. The lowest BCUT2D eigenvalue weighted by atomic mass is 10.3. The second-order valence-electron chi connectivity index (χ2n) is 2.07. The van der Waals surface area contributed by atoms with E-state index in [1.54, 1.807) is 18.2 Å². The van der Waals surface area contributed by atoms with Crippen molar-refractivity contribution in [2.75, 3.05) is 7.05 Å². The molecule has 0 fully saturated rings. The normalized spacial score (nSPS) is 13.0. The summed E-state index contributed by atoms with van der Waals surface area (Å²) in [6.45, 7) is 0. The molecule has 2 N–H and O–H groups in total. The molecule has 0 saturated carbocycles.